The Hall–Kier alpha value is -1.62. The molecule has 2 atom stereocenters. The average Bonchev–Trinajstić information content (AvgIpc) is 2.97. The highest BCUT2D eigenvalue weighted by atomic mass is 16.5. The highest BCUT2D eigenvalue weighted by Crippen LogP contribution is 2.29. The molecule has 0 aliphatic heterocycles. The van der Waals surface area contributed by atoms with Gasteiger partial charge >= 0.3 is 0 Å². The van der Waals surface area contributed by atoms with Gasteiger partial charge in [0.1, 0.15) is 11.7 Å². The fraction of sp³-hybridized carbons (Fsp3) is 0.571. The summed E-state index contributed by atoms with van der Waals surface area (Å²) >= 11 is 0. The van der Waals surface area contributed by atoms with Crippen molar-refractivity contribution < 1.29 is 9.53 Å². The summed E-state index contributed by atoms with van der Waals surface area (Å²) in [6.45, 7) is 0. The first-order valence-corrected chi connectivity index (χ1v) is 6.90. The van der Waals surface area contributed by atoms with Crippen molar-refractivity contribution in [2.75, 3.05) is 0 Å². The molecule has 5 heteroatoms. The van der Waals surface area contributed by atoms with Gasteiger partial charge in [-0.3, -0.25) is 4.79 Å². The molecule has 3 rings (SSSR count). The molecule has 0 aromatic carbocycles. The molecule has 1 fully saturated rings. The number of hydrogen-bond donors (Lipinski definition) is 2. The minimum atomic E-state index is -0.483. The molecule has 2 aliphatic rings. The van der Waals surface area contributed by atoms with Crippen LogP contribution in [0, 0.1) is 0 Å². The number of nitrogens with two attached hydrogens (primary N) is 2. The minimum Gasteiger partial charge on any atom is -0.472 e. The summed E-state index contributed by atoms with van der Waals surface area (Å²) in [7, 11) is 0. The Kier molecular flexibility index (Phi) is 3.14. The third-order valence-electron chi connectivity index (χ3n) is 4.05. The molecule has 1 aromatic rings. The molecule has 2 unspecified atom stereocenters. The standard InChI is InChI=1S/C14H19N3O2/c15-10-4-2-6-12(10)19-14-9(13(16)18)7-8-3-1-5-11(8)17-14/h7,10,12H,1-6,15H2,(H2,16,18). The predicted molar refractivity (Wildman–Crippen MR) is 71.0 cm³/mol. The van der Waals surface area contributed by atoms with Crippen molar-refractivity contribution in [1.29, 1.82) is 0 Å². The Balaban J connectivity index is 1.92. The highest BCUT2D eigenvalue weighted by Gasteiger charge is 2.28. The lowest BCUT2D eigenvalue weighted by Crippen LogP contribution is -2.34. The van der Waals surface area contributed by atoms with Crippen molar-refractivity contribution in [2.24, 2.45) is 11.5 Å². The van der Waals surface area contributed by atoms with Gasteiger partial charge in [0.15, 0.2) is 0 Å². The average molecular weight is 261 g/mol. The lowest BCUT2D eigenvalue weighted by Gasteiger charge is -2.19. The Bertz CT molecular complexity index is 516. The molecule has 2 aliphatic carbocycles. The fourth-order valence-corrected chi connectivity index (χ4v) is 2.96. The first-order chi connectivity index (χ1) is 9.15. The number of hydrogen-bond acceptors (Lipinski definition) is 4. The number of rotatable bonds is 3. The van der Waals surface area contributed by atoms with Crippen molar-refractivity contribution in [2.45, 2.75) is 50.7 Å². The SMILES string of the molecule is NC(=O)c1cc2c(nc1OC1CCCC1N)CCC2. The van der Waals surface area contributed by atoms with Crippen LogP contribution >= 0.6 is 0 Å². The molecule has 5 nitrogen and oxygen atoms in total. The largest absolute Gasteiger partial charge is 0.472 e. The third kappa shape index (κ3) is 2.30. The first-order valence-electron chi connectivity index (χ1n) is 6.90. The van der Waals surface area contributed by atoms with E-state index in [1.807, 2.05) is 6.07 Å². The van der Waals surface area contributed by atoms with E-state index in [0.717, 1.165) is 49.8 Å². The van der Waals surface area contributed by atoms with Gasteiger partial charge in [-0.25, -0.2) is 4.98 Å². The summed E-state index contributed by atoms with van der Waals surface area (Å²) in [4.78, 5) is 16.0. The molecule has 0 bridgehead atoms. The number of nitrogens with zero attached hydrogens (tertiary/aromatic N) is 1. The molecule has 1 aromatic heterocycles. The van der Waals surface area contributed by atoms with Gasteiger partial charge in [-0.15, -0.1) is 0 Å². The summed E-state index contributed by atoms with van der Waals surface area (Å²) in [5.41, 5.74) is 14.0. The van der Waals surface area contributed by atoms with E-state index in [4.69, 9.17) is 16.2 Å². The maximum absolute atomic E-state index is 11.5. The quantitative estimate of drug-likeness (QED) is 0.846. The minimum absolute atomic E-state index is 0.0239. The summed E-state index contributed by atoms with van der Waals surface area (Å²) in [6, 6.07) is 1.86. The fourth-order valence-electron chi connectivity index (χ4n) is 2.96. The Labute approximate surface area is 112 Å². The lowest BCUT2D eigenvalue weighted by molar-refractivity contribution is 0.0989. The summed E-state index contributed by atoms with van der Waals surface area (Å²) in [5, 5.41) is 0. The second-order valence-electron chi connectivity index (χ2n) is 5.42. The highest BCUT2D eigenvalue weighted by molar-refractivity contribution is 5.95. The van der Waals surface area contributed by atoms with Gasteiger partial charge in [-0.1, -0.05) is 0 Å². The van der Waals surface area contributed by atoms with E-state index in [2.05, 4.69) is 4.98 Å². The summed E-state index contributed by atoms with van der Waals surface area (Å²) in [6.07, 6.45) is 5.87. The van der Waals surface area contributed by atoms with Crippen LogP contribution in [-0.4, -0.2) is 23.0 Å². The van der Waals surface area contributed by atoms with Gasteiger partial charge in [0, 0.05) is 11.7 Å². The van der Waals surface area contributed by atoms with E-state index in [1.165, 1.54) is 0 Å². The number of fused-ring (bicyclic) bond motifs is 1. The first kappa shape index (κ1) is 12.4. The Morgan fingerprint density at radius 2 is 2.16 bits per heavy atom. The van der Waals surface area contributed by atoms with Gasteiger partial charge < -0.3 is 16.2 Å². The van der Waals surface area contributed by atoms with Crippen molar-refractivity contribution in [3.8, 4) is 5.88 Å². The van der Waals surface area contributed by atoms with Crippen LogP contribution in [0.25, 0.3) is 0 Å². The maximum atomic E-state index is 11.5. The summed E-state index contributed by atoms with van der Waals surface area (Å²) < 4.78 is 5.87. The summed E-state index contributed by atoms with van der Waals surface area (Å²) in [5.74, 6) is -0.112. The van der Waals surface area contributed by atoms with Crippen LogP contribution < -0.4 is 16.2 Å². The van der Waals surface area contributed by atoms with Gasteiger partial charge in [0.05, 0.1) is 0 Å². The van der Waals surface area contributed by atoms with Crippen molar-refractivity contribution >= 4 is 5.91 Å². The van der Waals surface area contributed by atoms with Crippen LogP contribution in [0.1, 0.15) is 47.3 Å². The lowest BCUT2D eigenvalue weighted by atomic mass is 10.1. The van der Waals surface area contributed by atoms with Crippen LogP contribution in [0.15, 0.2) is 6.07 Å². The maximum Gasteiger partial charge on any atom is 0.254 e. The molecular weight excluding hydrogens is 242 g/mol. The van der Waals surface area contributed by atoms with E-state index < -0.39 is 5.91 Å². The van der Waals surface area contributed by atoms with Gasteiger partial charge in [0.2, 0.25) is 5.88 Å². The molecule has 0 radical (unpaired) electrons. The molecule has 1 amide bonds. The number of carbonyl (C=O) groups excluding carboxylic acids is 1. The molecule has 1 heterocycles. The second-order valence-corrected chi connectivity index (χ2v) is 5.42. The molecule has 0 spiro atoms. The van der Waals surface area contributed by atoms with E-state index in [9.17, 15) is 4.79 Å². The van der Waals surface area contributed by atoms with Crippen LogP contribution in [0.5, 0.6) is 5.88 Å². The van der Waals surface area contributed by atoms with E-state index in [1.54, 1.807) is 0 Å². The van der Waals surface area contributed by atoms with Crippen LogP contribution in [0.2, 0.25) is 0 Å². The number of pyridine rings is 1. The Morgan fingerprint density at radius 1 is 1.32 bits per heavy atom. The smallest absolute Gasteiger partial charge is 0.254 e. The van der Waals surface area contributed by atoms with Crippen molar-refractivity contribution in [1.82, 2.24) is 4.98 Å². The molecule has 102 valence electrons. The normalized spacial score (nSPS) is 25.3. The van der Waals surface area contributed by atoms with E-state index in [0.29, 0.717) is 11.4 Å². The van der Waals surface area contributed by atoms with E-state index in [-0.39, 0.29) is 12.1 Å². The number of ether oxygens (including phenoxy) is 1. The van der Waals surface area contributed by atoms with Gasteiger partial charge in [-0.2, -0.15) is 0 Å². The van der Waals surface area contributed by atoms with Crippen LogP contribution in [0.4, 0.5) is 0 Å². The molecular formula is C14H19N3O2. The topological polar surface area (TPSA) is 91.2 Å². The molecule has 19 heavy (non-hydrogen) atoms. The monoisotopic (exact) mass is 261 g/mol. The number of aromatic nitrogens is 1. The Morgan fingerprint density at radius 3 is 2.84 bits per heavy atom. The van der Waals surface area contributed by atoms with E-state index >= 15 is 0 Å². The second kappa shape index (κ2) is 4.81. The third-order valence-corrected chi connectivity index (χ3v) is 4.05. The molecule has 0 saturated heterocycles. The number of aryl methyl sites for hydroxylation is 2. The van der Waals surface area contributed by atoms with Crippen LogP contribution in [0.3, 0.4) is 0 Å². The number of carbonyl (C=O) groups is 1. The number of primary amides is 1. The zero-order chi connectivity index (χ0) is 13.4. The number of amides is 1. The van der Waals surface area contributed by atoms with Crippen molar-refractivity contribution in [3.05, 3.63) is 22.9 Å². The zero-order valence-electron chi connectivity index (χ0n) is 10.9. The van der Waals surface area contributed by atoms with Gasteiger partial charge in [-0.05, 0) is 50.2 Å². The van der Waals surface area contributed by atoms with Crippen LogP contribution in [-0.2, 0) is 12.8 Å². The molecule has 4 N–H and O–H groups in total. The van der Waals surface area contributed by atoms with Crippen molar-refractivity contribution in [3.63, 3.8) is 0 Å². The predicted octanol–water partition coefficient (Wildman–Crippen LogP) is 0.928. The van der Waals surface area contributed by atoms with Gasteiger partial charge in [0.25, 0.3) is 5.91 Å². The zero-order valence-corrected chi connectivity index (χ0v) is 10.9. The molecule has 1 saturated carbocycles.